The van der Waals surface area contributed by atoms with Crippen molar-refractivity contribution in [2.45, 2.75) is 26.3 Å². The van der Waals surface area contributed by atoms with Crippen LogP contribution < -0.4 is 9.47 Å². The number of hydrogen-bond acceptors (Lipinski definition) is 5. The van der Waals surface area contributed by atoms with E-state index in [1.165, 1.54) is 23.1 Å². The number of benzene rings is 1. The number of nitrogens with zero attached hydrogens (tertiary/aromatic N) is 3. The van der Waals surface area contributed by atoms with Gasteiger partial charge in [-0.1, -0.05) is 26.8 Å². The van der Waals surface area contributed by atoms with Crippen molar-refractivity contribution in [1.29, 1.82) is 0 Å². The Bertz CT molecular complexity index is 1090. The summed E-state index contributed by atoms with van der Waals surface area (Å²) < 4.78 is 63.3. The summed E-state index contributed by atoms with van der Waals surface area (Å²) in [5.41, 5.74) is 0.432. The van der Waals surface area contributed by atoms with Gasteiger partial charge in [0.05, 0.1) is 23.4 Å². The Morgan fingerprint density at radius 2 is 2.03 bits per heavy atom. The molecule has 0 bridgehead atoms. The molecule has 6 nitrogen and oxygen atoms in total. The second-order valence-corrected chi connectivity index (χ2v) is 9.15. The van der Waals surface area contributed by atoms with E-state index < -0.39 is 44.7 Å². The van der Waals surface area contributed by atoms with Crippen molar-refractivity contribution in [3.05, 3.63) is 65.7 Å². The highest BCUT2D eigenvalue weighted by molar-refractivity contribution is 14.2. The van der Waals surface area contributed by atoms with E-state index in [-0.39, 0.29) is 29.5 Å². The lowest BCUT2D eigenvalue weighted by Crippen LogP contribution is -2.42. The topological polar surface area (TPSA) is 64.0 Å². The Morgan fingerprint density at radius 1 is 1.24 bits per heavy atom. The minimum atomic E-state index is -4.81. The number of aliphatic imine (C=N–C) groups is 1. The molecule has 33 heavy (non-hydrogen) atoms. The summed E-state index contributed by atoms with van der Waals surface area (Å²) in [4.78, 5) is 22.9. The zero-order valence-corrected chi connectivity index (χ0v) is 19.8. The molecule has 0 aliphatic carbocycles. The summed E-state index contributed by atoms with van der Waals surface area (Å²) in [6, 6.07) is 6.25. The Hall–Kier alpha value is -2.83. The lowest BCUT2D eigenvalue weighted by atomic mass is 10.1. The molecule has 0 N–H and O–H groups in total. The van der Waals surface area contributed by atoms with Crippen molar-refractivity contribution in [3.63, 3.8) is 0 Å². The summed E-state index contributed by atoms with van der Waals surface area (Å²) in [7, 11) is 0. The molecule has 1 amide bonds. The highest BCUT2D eigenvalue weighted by atomic mass is 127. The molecule has 0 fully saturated rings. The summed E-state index contributed by atoms with van der Waals surface area (Å²) in [5.74, 6) is -1.26. The average Bonchev–Trinajstić information content (AvgIpc) is 2.78. The van der Waals surface area contributed by atoms with E-state index in [1.807, 2.05) is 4.01 Å². The fourth-order valence-corrected chi connectivity index (χ4v) is 4.96. The van der Waals surface area contributed by atoms with Crippen molar-refractivity contribution in [2.24, 2.45) is 4.99 Å². The van der Waals surface area contributed by atoms with E-state index in [0.717, 1.165) is 12.3 Å². The summed E-state index contributed by atoms with van der Waals surface area (Å²) in [6.07, 6.45) is -0.539. The summed E-state index contributed by atoms with van der Waals surface area (Å²) >= 11 is -0.665. The number of hydrogen-bond donors (Lipinski definition) is 0. The first-order valence-corrected chi connectivity index (χ1v) is 12.2. The van der Waals surface area contributed by atoms with E-state index in [0.29, 0.717) is 10.3 Å². The number of rotatable bonds is 8. The molecule has 11 heteroatoms. The van der Waals surface area contributed by atoms with Gasteiger partial charge in [-0.25, -0.2) is 14.4 Å². The number of carbonyl (C=O) groups excluding carboxylic acids is 1. The maximum Gasteiger partial charge on any atom is 0.573 e. The van der Waals surface area contributed by atoms with Crippen molar-refractivity contribution in [2.75, 3.05) is 13.2 Å². The molecule has 176 valence electrons. The first-order valence-electron chi connectivity index (χ1n) is 9.83. The van der Waals surface area contributed by atoms with Gasteiger partial charge in [0.15, 0.2) is 0 Å². The molecule has 1 aromatic carbocycles. The molecule has 0 radical (unpaired) electrons. The number of allylic oxidation sites excluding steroid dienone is 1. The molecule has 2 heterocycles. The van der Waals surface area contributed by atoms with Gasteiger partial charge in [0.25, 0.3) is 5.91 Å². The normalized spacial score (nSPS) is 14.2. The Morgan fingerprint density at radius 3 is 2.64 bits per heavy atom. The SMILES string of the molecule is CCN(C(=O)c1cccc(F)c1C1=NC=CC=I1)[C@@H](C)COc1ccc(OC(F)(F)F)cn1. The first kappa shape index (κ1) is 24.8. The van der Waals surface area contributed by atoms with Crippen LogP contribution in [0, 0.1) is 5.82 Å². The number of pyridine rings is 1. The smallest absolute Gasteiger partial charge is 0.475 e. The molecule has 1 aliphatic heterocycles. The summed E-state index contributed by atoms with van der Waals surface area (Å²) in [6.45, 7) is 3.90. The number of halogens is 5. The van der Waals surface area contributed by atoms with Gasteiger partial charge in [-0.05, 0) is 42.1 Å². The van der Waals surface area contributed by atoms with Crippen LogP contribution in [0.1, 0.15) is 29.8 Å². The molecule has 0 unspecified atom stereocenters. The molecule has 2 aromatic rings. The van der Waals surface area contributed by atoms with Crippen molar-refractivity contribution < 1.29 is 31.8 Å². The van der Waals surface area contributed by atoms with Gasteiger partial charge in [-0.3, -0.25) is 4.79 Å². The molecule has 0 saturated carbocycles. The van der Waals surface area contributed by atoms with Gasteiger partial charge in [0.2, 0.25) is 5.88 Å². The number of carbonyl (C=O) groups is 1. The third-order valence-corrected chi connectivity index (χ3v) is 6.69. The molecular weight excluding hydrogens is 557 g/mol. The molecular formula is C22H20F4IN3O3. The van der Waals surface area contributed by atoms with Crippen LogP contribution in [0.4, 0.5) is 17.6 Å². The molecule has 0 spiro atoms. The largest absolute Gasteiger partial charge is 0.573 e. The van der Waals surface area contributed by atoms with Gasteiger partial charge < -0.3 is 14.4 Å². The highest BCUT2D eigenvalue weighted by Crippen LogP contribution is 2.25. The molecule has 1 atom stereocenters. The van der Waals surface area contributed by atoms with Crippen LogP contribution in [0.5, 0.6) is 11.6 Å². The zero-order chi connectivity index (χ0) is 24.0. The van der Waals surface area contributed by atoms with E-state index in [9.17, 15) is 22.4 Å². The van der Waals surface area contributed by atoms with Gasteiger partial charge >= 0.3 is 6.36 Å². The highest BCUT2D eigenvalue weighted by Gasteiger charge is 2.31. The number of amides is 1. The number of likely N-dealkylation sites (N-methyl/N-ethyl adjacent to an activating group) is 1. The van der Waals surface area contributed by atoms with Gasteiger partial charge in [0, 0.05) is 18.8 Å². The Labute approximate surface area is 197 Å². The van der Waals surface area contributed by atoms with E-state index in [2.05, 4.69) is 14.7 Å². The molecule has 3 rings (SSSR count). The van der Waals surface area contributed by atoms with Crippen LogP contribution >= 0.6 is 20.7 Å². The standard InChI is InChI=1S/C22H20F4IN3O3/c1-3-30(14(2)13-32-18-9-8-15(12-29-18)33-22(24,25)26)21(31)16-6-4-7-17(23)19(16)20-27-10-5-11-28-20/h4-12,14H,3,13H2,1-2H3/t14-/m0/s1. The van der Waals surface area contributed by atoms with Crippen LogP contribution in [0.15, 0.2) is 53.8 Å². The van der Waals surface area contributed by atoms with Gasteiger partial charge in [0.1, 0.15) is 21.9 Å². The van der Waals surface area contributed by atoms with Crippen LogP contribution in [0.3, 0.4) is 0 Å². The minimum absolute atomic E-state index is 0.0289. The zero-order valence-electron chi connectivity index (χ0n) is 17.6. The third-order valence-electron chi connectivity index (χ3n) is 4.51. The third kappa shape index (κ3) is 6.59. The van der Waals surface area contributed by atoms with E-state index in [1.54, 1.807) is 32.2 Å². The quantitative estimate of drug-likeness (QED) is 0.324. The maximum absolute atomic E-state index is 14.7. The van der Waals surface area contributed by atoms with Crippen LogP contribution in [0.2, 0.25) is 0 Å². The monoisotopic (exact) mass is 577 g/mol. The van der Waals surface area contributed by atoms with Crippen molar-refractivity contribution in [3.8, 4) is 11.6 Å². The van der Waals surface area contributed by atoms with Crippen molar-refractivity contribution >= 4 is 34.4 Å². The van der Waals surface area contributed by atoms with Crippen molar-refractivity contribution in [1.82, 2.24) is 9.88 Å². The van der Waals surface area contributed by atoms with Crippen LogP contribution in [0.25, 0.3) is 0 Å². The Kier molecular flexibility index (Phi) is 8.16. The lowest BCUT2D eigenvalue weighted by Gasteiger charge is -2.28. The Balaban J connectivity index is 1.72. The first-order chi connectivity index (χ1) is 15.7. The van der Waals surface area contributed by atoms with Gasteiger partial charge in [-0.15, -0.1) is 13.2 Å². The van der Waals surface area contributed by atoms with E-state index in [4.69, 9.17) is 4.74 Å². The number of aromatic nitrogens is 1. The molecule has 1 aliphatic rings. The number of alkyl halides is 3. The van der Waals surface area contributed by atoms with E-state index >= 15 is 0 Å². The fourth-order valence-electron chi connectivity index (χ4n) is 3.05. The second-order valence-electron chi connectivity index (χ2n) is 6.79. The predicted molar refractivity (Wildman–Crippen MR) is 125 cm³/mol. The predicted octanol–water partition coefficient (Wildman–Crippen LogP) is 5.10. The molecule has 0 saturated heterocycles. The maximum atomic E-state index is 14.7. The molecule has 1 aromatic heterocycles. The second kappa shape index (κ2) is 10.9. The number of ether oxygens (including phenoxy) is 2. The minimum Gasteiger partial charge on any atom is -0.475 e. The average molecular weight is 577 g/mol. The fraction of sp³-hybridized carbons (Fsp3) is 0.273. The summed E-state index contributed by atoms with van der Waals surface area (Å²) in [5, 5.41) is 0. The van der Waals surface area contributed by atoms with Crippen LogP contribution in [-0.2, 0) is 0 Å². The lowest BCUT2D eigenvalue weighted by molar-refractivity contribution is -0.274. The van der Waals surface area contributed by atoms with Crippen LogP contribution in [-0.4, -0.2) is 49.1 Å². The van der Waals surface area contributed by atoms with Gasteiger partial charge in [-0.2, -0.15) is 0 Å².